The number of rotatable bonds is 14. The summed E-state index contributed by atoms with van der Waals surface area (Å²) in [5.41, 5.74) is 4.20. The van der Waals surface area contributed by atoms with Crippen LogP contribution in [-0.2, 0) is 39.0 Å². The monoisotopic (exact) mass is 611 g/mol. The van der Waals surface area contributed by atoms with E-state index < -0.39 is 28.5 Å². The van der Waals surface area contributed by atoms with Gasteiger partial charge in [0.2, 0.25) is 11.8 Å². The lowest BCUT2D eigenvalue weighted by molar-refractivity contribution is -0.140. The van der Waals surface area contributed by atoms with E-state index in [0.717, 1.165) is 39.4 Å². The van der Waals surface area contributed by atoms with Crippen molar-refractivity contribution in [3.05, 3.63) is 131 Å². The number of anilines is 1. The van der Waals surface area contributed by atoms with Gasteiger partial charge in [0.1, 0.15) is 12.6 Å². The van der Waals surface area contributed by atoms with Gasteiger partial charge in [0.15, 0.2) is 0 Å². The molecular formula is C36H41N3O4S. The summed E-state index contributed by atoms with van der Waals surface area (Å²) < 4.78 is 29.3. The zero-order valence-corrected chi connectivity index (χ0v) is 26.5. The Morgan fingerprint density at radius 1 is 0.773 bits per heavy atom. The summed E-state index contributed by atoms with van der Waals surface area (Å²) in [7, 11) is -4.12. The fraction of sp³-hybridized carbons (Fsp3) is 0.278. The Balaban J connectivity index is 1.79. The van der Waals surface area contributed by atoms with Crippen molar-refractivity contribution in [3.63, 3.8) is 0 Å². The van der Waals surface area contributed by atoms with Gasteiger partial charge in [0.25, 0.3) is 10.0 Å². The molecule has 0 bridgehead atoms. The first-order valence-electron chi connectivity index (χ1n) is 15.1. The van der Waals surface area contributed by atoms with E-state index in [2.05, 4.69) is 5.32 Å². The standard InChI is InChI=1S/C36H41N3O4S/c1-4-23-37-36(41)34(25-30-14-8-6-9-15-30)38(26-31-16-12-13-28(3)24-31)35(40)27-39(32-21-19-29(5-2)20-22-32)44(42,43)33-17-10-7-11-18-33/h6-22,24,34H,4-5,23,25-27H2,1-3H3,(H,37,41)/t34-/m1/s1. The molecule has 0 aliphatic carbocycles. The maximum absolute atomic E-state index is 14.5. The predicted molar refractivity (Wildman–Crippen MR) is 176 cm³/mol. The summed E-state index contributed by atoms with van der Waals surface area (Å²) in [4.78, 5) is 29.8. The highest BCUT2D eigenvalue weighted by atomic mass is 32.2. The highest BCUT2D eigenvalue weighted by Gasteiger charge is 2.34. The number of aryl methyl sites for hydroxylation is 2. The van der Waals surface area contributed by atoms with Crippen LogP contribution in [0.25, 0.3) is 0 Å². The average molecular weight is 612 g/mol. The highest BCUT2D eigenvalue weighted by Crippen LogP contribution is 2.26. The molecule has 0 radical (unpaired) electrons. The molecule has 8 heteroatoms. The summed E-state index contributed by atoms with van der Waals surface area (Å²) in [5.74, 6) is -0.750. The van der Waals surface area contributed by atoms with Crippen LogP contribution in [0, 0.1) is 6.92 Å². The summed E-state index contributed by atoms with van der Waals surface area (Å²) in [6, 6.07) is 31.8. The lowest BCUT2D eigenvalue weighted by Gasteiger charge is -2.34. The van der Waals surface area contributed by atoms with Crippen LogP contribution in [0.3, 0.4) is 0 Å². The number of hydrogen-bond acceptors (Lipinski definition) is 4. The number of benzene rings is 4. The molecule has 4 aromatic carbocycles. The molecule has 0 aromatic heterocycles. The highest BCUT2D eigenvalue weighted by molar-refractivity contribution is 7.92. The summed E-state index contributed by atoms with van der Waals surface area (Å²) in [6.07, 6.45) is 1.82. The second-order valence-corrected chi connectivity index (χ2v) is 12.7. The largest absolute Gasteiger partial charge is 0.354 e. The number of amides is 2. The van der Waals surface area contributed by atoms with E-state index in [-0.39, 0.29) is 23.8 Å². The summed E-state index contributed by atoms with van der Waals surface area (Å²) in [5, 5.41) is 2.97. The second kappa shape index (κ2) is 15.3. The Morgan fingerprint density at radius 2 is 1.41 bits per heavy atom. The Kier molecular flexibility index (Phi) is 11.3. The van der Waals surface area contributed by atoms with Crippen LogP contribution in [0.4, 0.5) is 5.69 Å². The third-order valence-corrected chi connectivity index (χ3v) is 9.29. The number of sulfonamides is 1. The van der Waals surface area contributed by atoms with Crippen molar-refractivity contribution >= 4 is 27.5 Å². The van der Waals surface area contributed by atoms with Crippen LogP contribution in [0.5, 0.6) is 0 Å². The van der Waals surface area contributed by atoms with Crippen LogP contribution in [0.1, 0.15) is 42.5 Å². The Labute approximate surface area is 261 Å². The molecule has 0 unspecified atom stereocenters. The molecule has 2 amide bonds. The Bertz CT molecular complexity index is 1630. The van der Waals surface area contributed by atoms with Gasteiger partial charge in [-0.25, -0.2) is 8.42 Å². The Morgan fingerprint density at radius 3 is 2.02 bits per heavy atom. The van der Waals surface area contributed by atoms with Gasteiger partial charge >= 0.3 is 0 Å². The number of hydrogen-bond donors (Lipinski definition) is 1. The lowest BCUT2D eigenvalue weighted by Crippen LogP contribution is -2.53. The topological polar surface area (TPSA) is 86.8 Å². The molecule has 0 saturated carbocycles. The van der Waals surface area contributed by atoms with Gasteiger partial charge < -0.3 is 10.2 Å². The molecule has 4 rings (SSSR count). The molecule has 230 valence electrons. The summed E-state index contributed by atoms with van der Waals surface area (Å²) in [6.45, 7) is 6.11. The maximum atomic E-state index is 14.5. The van der Waals surface area contributed by atoms with Crippen molar-refractivity contribution in [2.24, 2.45) is 0 Å². The molecule has 0 aliphatic heterocycles. The third kappa shape index (κ3) is 8.35. The lowest BCUT2D eigenvalue weighted by atomic mass is 10.0. The summed E-state index contributed by atoms with van der Waals surface area (Å²) >= 11 is 0. The van der Waals surface area contributed by atoms with Crippen LogP contribution < -0.4 is 9.62 Å². The third-order valence-electron chi connectivity index (χ3n) is 7.50. The SMILES string of the molecule is CCCNC(=O)[C@@H](Cc1ccccc1)N(Cc1cccc(C)c1)C(=O)CN(c1ccc(CC)cc1)S(=O)(=O)c1ccccc1. The van der Waals surface area contributed by atoms with Crippen LogP contribution >= 0.6 is 0 Å². The molecular weight excluding hydrogens is 570 g/mol. The molecule has 7 nitrogen and oxygen atoms in total. The van der Waals surface area contributed by atoms with Crippen molar-refractivity contribution in [2.45, 2.75) is 57.5 Å². The number of nitrogens with one attached hydrogen (secondary N) is 1. The van der Waals surface area contributed by atoms with Crippen molar-refractivity contribution in [1.82, 2.24) is 10.2 Å². The number of carbonyl (C=O) groups is 2. The number of nitrogens with zero attached hydrogens (tertiary/aromatic N) is 2. The van der Waals surface area contributed by atoms with E-state index in [4.69, 9.17) is 0 Å². The van der Waals surface area contributed by atoms with Crippen LogP contribution in [-0.4, -0.2) is 44.3 Å². The van der Waals surface area contributed by atoms with E-state index >= 15 is 0 Å². The van der Waals surface area contributed by atoms with Gasteiger partial charge in [-0.3, -0.25) is 13.9 Å². The minimum Gasteiger partial charge on any atom is -0.354 e. The zero-order chi connectivity index (χ0) is 31.5. The average Bonchev–Trinajstić information content (AvgIpc) is 3.05. The minimum absolute atomic E-state index is 0.0825. The minimum atomic E-state index is -4.12. The molecule has 0 spiro atoms. The van der Waals surface area contributed by atoms with Crippen LogP contribution in [0.15, 0.2) is 114 Å². The quantitative estimate of drug-likeness (QED) is 0.192. The van der Waals surface area contributed by atoms with E-state index in [9.17, 15) is 18.0 Å². The fourth-order valence-electron chi connectivity index (χ4n) is 5.07. The fourth-order valence-corrected chi connectivity index (χ4v) is 6.51. The molecule has 4 aromatic rings. The molecule has 44 heavy (non-hydrogen) atoms. The molecule has 0 saturated heterocycles. The van der Waals surface area contributed by atoms with Crippen molar-refractivity contribution in [1.29, 1.82) is 0 Å². The zero-order valence-electron chi connectivity index (χ0n) is 25.6. The van der Waals surface area contributed by atoms with E-state index in [1.807, 2.05) is 87.5 Å². The Hall–Kier alpha value is -4.43. The maximum Gasteiger partial charge on any atom is 0.264 e. The molecule has 0 aliphatic rings. The van der Waals surface area contributed by atoms with Gasteiger partial charge in [-0.1, -0.05) is 104 Å². The predicted octanol–water partition coefficient (Wildman–Crippen LogP) is 5.92. The van der Waals surface area contributed by atoms with Crippen molar-refractivity contribution in [3.8, 4) is 0 Å². The molecule has 0 heterocycles. The van der Waals surface area contributed by atoms with Crippen LogP contribution in [0.2, 0.25) is 0 Å². The molecule has 1 N–H and O–H groups in total. The first-order chi connectivity index (χ1) is 21.2. The van der Waals surface area contributed by atoms with Gasteiger partial charge in [-0.15, -0.1) is 0 Å². The first-order valence-corrected chi connectivity index (χ1v) is 16.5. The van der Waals surface area contributed by atoms with E-state index in [1.54, 1.807) is 30.3 Å². The first kappa shape index (κ1) is 32.5. The van der Waals surface area contributed by atoms with E-state index in [0.29, 0.717) is 12.2 Å². The van der Waals surface area contributed by atoms with Crippen molar-refractivity contribution < 1.29 is 18.0 Å². The normalized spacial score (nSPS) is 11.9. The second-order valence-electron chi connectivity index (χ2n) is 10.9. The van der Waals surface area contributed by atoms with Gasteiger partial charge in [0.05, 0.1) is 10.6 Å². The van der Waals surface area contributed by atoms with Crippen molar-refractivity contribution in [2.75, 3.05) is 17.4 Å². The van der Waals surface area contributed by atoms with E-state index in [1.165, 1.54) is 17.0 Å². The van der Waals surface area contributed by atoms with Gasteiger partial charge in [-0.05, 0) is 60.7 Å². The smallest absolute Gasteiger partial charge is 0.264 e. The molecule has 0 fully saturated rings. The number of carbonyl (C=O) groups excluding carboxylic acids is 2. The molecule has 1 atom stereocenters. The van der Waals surface area contributed by atoms with Gasteiger partial charge in [0, 0.05) is 19.5 Å². The van der Waals surface area contributed by atoms with Gasteiger partial charge in [-0.2, -0.15) is 0 Å².